The Kier molecular flexibility index (Phi) is 3.82. The highest BCUT2D eigenvalue weighted by atomic mass is 35.5. The van der Waals surface area contributed by atoms with Gasteiger partial charge in [0.25, 0.3) is 0 Å². The highest BCUT2D eigenvalue weighted by molar-refractivity contribution is 6.37. The molecular formula is C11H14Cl2N4O. The summed E-state index contributed by atoms with van der Waals surface area (Å²) in [6.45, 7) is 0.185. The number of amides is 1. The summed E-state index contributed by atoms with van der Waals surface area (Å²) in [5, 5.41) is 3.57. The third-order valence-electron chi connectivity index (χ3n) is 2.62. The van der Waals surface area contributed by atoms with Crippen LogP contribution in [0.4, 0.5) is 11.6 Å². The SMILES string of the molecule is CN(CC(=O)NC1CC1)c1nc(N)c(Cl)cc1Cl. The number of carbonyl (C=O) groups is 1. The van der Waals surface area contributed by atoms with E-state index in [4.69, 9.17) is 28.9 Å². The van der Waals surface area contributed by atoms with E-state index < -0.39 is 0 Å². The third-order valence-corrected chi connectivity index (χ3v) is 3.20. The zero-order valence-electron chi connectivity index (χ0n) is 9.91. The van der Waals surface area contributed by atoms with Crippen LogP contribution in [-0.2, 0) is 4.79 Å². The van der Waals surface area contributed by atoms with Crippen molar-refractivity contribution in [1.29, 1.82) is 0 Å². The van der Waals surface area contributed by atoms with Gasteiger partial charge in [-0.25, -0.2) is 4.98 Å². The highest BCUT2D eigenvalue weighted by Gasteiger charge is 2.24. The van der Waals surface area contributed by atoms with Crippen molar-refractivity contribution in [2.24, 2.45) is 0 Å². The van der Waals surface area contributed by atoms with Crippen molar-refractivity contribution < 1.29 is 4.79 Å². The Hall–Kier alpha value is -1.20. The number of rotatable bonds is 4. The number of nitrogens with zero attached hydrogens (tertiary/aromatic N) is 2. The maximum absolute atomic E-state index is 11.7. The van der Waals surface area contributed by atoms with Crippen LogP contribution in [0.25, 0.3) is 0 Å². The number of anilines is 2. The number of nitrogens with one attached hydrogen (secondary N) is 1. The molecule has 18 heavy (non-hydrogen) atoms. The van der Waals surface area contributed by atoms with Crippen molar-refractivity contribution in [1.82, 2.24) is 10.3 Å². The van der Waals surface area contributed by atoms with Crippen LogP contribution in [0.5, 0.6) is 0 Å². The lowest BCUT2D eigenvalue weighted by atomic mass is 10.4. The van der Waals surface area contributed by atoms with Crippen LogP contribution < -0.4 is 16.0 Å². The van der Waals surface area contributed by atoms with Gasteiger partial charge in [0, 0.05) is 13.1 Å². The predicted octanol–water partition coefficient (Wildman–Crippen LogP) is 1.69. The van der Waals surface area contributed by atoms with E-state index in [1.807, 2.05) is 0 Å². The molecule has 0 bridgehead atoms. The van der Waals surface area contributed by atoms with E-state index in [2.05, 4.69) is 10.3 Å². The van der Waals surface area contributed by atoms with Crippen LogP contribution in [-0.4, -0.2) is 30.5 Å². The summed E-state index contributed by atoms with van der Waals surface area (Å²) < 4.78 is 0. The summed E-state index contributed by atoms with van der Waals surface area (Å²) in [6.07, 6.45) is 2.12. The standard InChI is InChI=1S/C11H14Cl2N4O/c1-17(5-9(18)15-6-2-3-6)11-8(13)4-7(12)10(14)16-11/h4,6H,2-3,5H2,1H3,(H2,14,16)(H,15,18). The lowest BCUT2D eigenvalue weighted by molar-refractivity contribution is -0.119. The van der Waals surface area contributed by atoms with Crippen LogP contribution in [0, 0.1) is 0 Å². The zero-order chi connectivity index (χ0) is 13.3. The topological polar surface area (TPSA) is 71.2 Å². The minimum absolute atomic E-state index is 0.0496. The minimum atomic E-state index is -0.0496. The second-order valence-corrected chi connectivity index (χ2v) is 5.17. The number of aromatic nitrogens is 1. The van der Waals surface area contributed by atoms with Crippen molar-refractivity contribution in [3.05, 3.63) is 16.1 Å². The Morgan fingerprint density at radius 3 is 2.83 bits per heavy atom. The Balaban J connectivity index is 2.05. The first kappa shape index (κ1) is 13.2. The van der Waals surface area contributed by atoms with Crippen molar-refractivity contribution >= 4 is 40.7 Å². The number of hydrogen-bond acceptors (Lipinski definition) is 4. The van der Waals surface area contributed by atoms with Gasteiger partial charge in [0.15, 0.2) is 0 Å². The first-order chi connectivity index (χ1) is 8.47. The molecule has 5 nitrogen and oxygen atoms in total. The van der Waals surface area contributed by atoms with Gasteiger partial charge in [0.1, 0.15) is 11.6 Å². The number of nitrogens with two attached hydrogens (primary N) is 1. The monoisotopic (exact) mass is 288 g/mol. The molecule has 1 heterocycles. The molecule has 0 aliphatic heterocycles. The zero-order valence-corrected chi connectivity index (χ0v) is 11.4. The minimum Gasteiger partial charge on any atom is -0.382 e. The van der Waals surface area contributed by atoms with Gasteiger partial charge >= 0.3 is 0 Å². The average Bonchev–Trinajstić information content (AvgIpc) is 3.06. The average molecular weight is 289 g/mol. The number of hydrogen-bond donors (Lipinski definition) is 2. The number of carbonyl (C=O) groups excluding carboxylic acids is 1. The van der Waals surface area contributed by atoms with Crippen LogP contribution in [0.15, 0.2) is 6.07 Å². The van der Waals surface area contributed by atoms with E-state index >= 15 is 0 Å². The molecule has 1 aliphatic carbocycles. The van der Waals surface area contributed by atoms with E-state index in [1.165, 1.54) is 6.07 Å². The van der Waals surface area contributed by atoms with Gasteiger partial charge in [-0.15, -0.1) is 0 Å². The summed E-state index contributed by atoms with van der Waals surface area (Å²) >= 11 is 11.8. The fraction of sp³-hybridized carbons (Fsp3) is 0.455. The normalized spacial score (nSPS) is 14.4. The lowest BCUT2D eigenvalue weighted by Gasteiger charge is -2.19. The molecule has 1 aliphatic rings. The highest BCUT2D eigenvalue weighted by Crippen LogP contribution is 2.29. The summed E-state index contributed by atoms with van der Waals surface area (Å²) in [6, 6.07) is 1.86. The number of nitrogen functional groups attached to an aromatic ring is 1. The van der Waals surface area contributed by atoms with Crippen LogP contribution >= 0.6 is 23.2 Å². The smallest absolute Gasteiger partial charge is 0.239 e. The third kappa shape index (κ3) is 3.17. The fourth-order valence-electron chi connectivity index (χ4n) is 1.53. The lowest BCUT2D eigenvalue weighted by Crippen LogP contribution is -2.36. The maximum atomic E-state index is 11.7. The molecule has 1 saturated carbocycles. The number of pyridine rings is 1. The molecule has 0 spiro atoms. The fourth-order valence-corrected chi connectivity index (χ4v) is 2.03. The van der Waals surface area contributed by atoms with Gasteiger partial charge in [0.2, 0.25) is 5.91 Å². The Bertz CT molecular complexity index is 476. The van der Waals surface area contributed by atoms with Gasteiger partial charge in [-0.3, -0.25) is 4.79 Å². The molecule has 1 amide bonds. The summed E-state index contributed by atoms with van der Waals surface area (Å²) in [5.41, 5.74) is 5.62. The van der Waals surface area contributed by atoms with Crippen molar-refractivity contribution in [2.45, 2.75) is 18.9 Å². The molecule has 98 valence electrons. The molecular weight excluding hydrogens is 275 g/mol. The van der Waals surface area contributed by atoms with Gasteiger partial charge < -0.3 is 16.0 Å². The van der Waals surface area contributed by atoms with Crippen LogP contribution in [0.1, 0.15) is 12.8 Å². The first-order valence-electron chi connectivity index (χ1n) is 5.59. The first-order valence-corrected chi connectivity index (χ1v) is 6.35. The second-order valence-electron chi connectivity index (χ2n) is 4.36. The number of likely N-dealkylation sites (N-methyl/N-ethyl adjacent to an activating group) is 1. The molecule has 0 atom stereocenters. The number of halogens is 2. The largest absolute Gasteiger partial charge is 0.382 e. The van der Waals surface area contributed by atoms with E-state index in [9.17, 15) is 4.79 Å². The summed E-state index contributed by atoms with van der Waals surface area (Å²) in [4.78, 5) is 17.4. The molecule has 7 heteroatoms. The second kappa shape index (κ2) is 5.20. The molecule has 2 rings (SSSR count). The molecule has 3 N–H and O–H groups in total. The van der Waals surface area contributed by atoms with Gasteiger partial charge in [-0.2, -0.15) is 0 Å². The van der Waals surface area contributed by atoms with Gasteiger partial charge in [-0.05, 0) is 18.9 Å². The van der Waals surface area contributed by atoms with E-state index in [-0.39, 0.29) is 18.3 Å². The van der Waals surface area contributed by atoms with Gasteiger partial charge in [0.05, 0.1) is 16.6 Å². The summed E-state index contributed by atoms with van der Waals surface area (Å²) in [7, 11) is 1.73. The Morgan fingerprint density at radius 2 is 2.22 bits per heavy atom. The van der Waals surface area contributed by atoms with E-state index in [0.29, 0.717) is 21.9 Å². The molecule has 0 aromatic carbocycles. The predicted molar refractivity (Wildman–Crippen MR) is 73.1 cm³/mol. The Morgan fingerprint density at radius 1 is 1.56 bits per heavy atom. The van der Waals surface area contributed by atoms with Crippen molar-refractivity contribution in [3.8, 4) is 0 Å². The van der Waals surface area contributed by atoms with Crippen molar-refractivity contribution in [3.63, 3.8) is 0 Å². The van der Waals surface area contributed by atoms with E-state index in [1.54, 1.807) is 11.9 Å². The van der Waals surface area contributed by atoms with Crippen LogP contribution in [0.3, 0.4) is 0 Å². The van der Waals surface area contributed by atoms with E-state index in [0.717, 1.165) is 12.8 Å². The molecule has 1 aromatic rings. The molecule has 0 unspecified atom stereocenters. The molecule has 1 aromatic heterocycles. The van der Waals surface area contributed by atoms with Crippen LogP contribution in [0.2, 0.25) is 10.0 Å². The maximum Gasteiger partial charge on any atom is 0.239 e. The van der Waals surface area contributed by atoms with Gasteiger partial charge in [-0.1, -0.05) is 23.2 Å². The Labute approximate surface area is 115 Å². The molecule has 1 fully saturated rings. The van der Waals surface area contributed by atoms with Crippen molar-refractivity contribution in [2.75, 3.05) is 24.2 Å². The molecule has 0 saturated heterocycles. The summed E-state index contributed by atoms with van der Waals surface area (Å²) in [5.74, 6) is 0.599. The quantitative estimate of drug-likeness (QED) is 0.884. The molecule has 0 radical (unpaired) electrons.